The van der Waals surface area contributed by atoms with Crippen LogP contribution in [0, 0.1) is 16.0 Å². The van der Waals surface area contributed by atoms with Crippen LogP contribution in [0.25, 0.3) is 5.69 Å². The Balaban J connectivity index is 2.22. The van der Waals surface area contributed by atoms with Crippen LogP contribution >= 0.6 is 0 Å². The molecular weight excluding hydrogens is 284 g/mol. The Hall–Kier alpha value is -2.70. The molecule has 22 heavy (non-hydrogen) atoms. The minimum atomic E-state index is -0.500. The van der Waals surface area contributed by atoms with Gasteiger partial charge in [0.2, 0.25) is 0 Å². The summed E-state index contributed by atoms with van der Waals surface area (Å²) in [5, 5.41) is 14.0. The van der Waals surface area contributed by atoms with Crippen LogP contribution in [0.5, 0.6) is 0 Å². The topological polar surface area (TPSA) is 90.1 Å². The summed E-state index contributed by atoms with van der Waals surface area (Å²) >= 11 is 0. The van der Waals surface area contributed by atoms with Gasteiger partial charge in [0.05, 0.1) is 11.3 Å². The van der Waals surface area contributed by atoms with Gasteiger partial charge >= 0.3 is 0 Å². The molecule has 1 aromatic heterocycles. The smallest absolute Gasteiger partial charge is 0.294 e. The molecule has 2 aromatic rings. The van der Waals surface area contributed by atoms with Crippen molar-refractivity contribution in [3.8, 4) is 5.69 Å². The fraction of sp³-hybridized carbons (Fsp3) is 0.333. The molecule has 0 fully saturated rings. The molecule has 1 amide bonds. The third kappa shape index (κ3) is 3.69. The number of nitro groups is 1. The number of nitrogens with zero attached hydrogens (tertiary/aromatic N) is 3. The zero-order valence-electron chi connectivity index (χ0n) is 12.5. The van der Waals surface area contributed by atoms with Crippen molar-refractivity contribution in [3.63, 3.8) is 0 Å². The molecule has 0 saturated carbocycles. The highest BCUT2D eigenvalue weighted by Crippen LogP contribution is 2.24. The van der Waals surface area contributed by atoms with Gasteiger partial charge in [0.15, 0.2) is 0 Å². The first kappa shape index (κ1) is 15.7. The van der Waals surface area contributed by atoms with Crippen LogP contribution in [0.1, 0.15) is 30.6 Å². The first-order valence-corrected chi connectivity index (χ1v) is 7.04. The van der Waals surface area contributed by atoms with Gasteiger partial charge in [-0.05, 0) is 24.5 Å². The maximum atomic E-state index is 12.0. The fourth-order valence-corrected chi connectivity index (χ4v) is 2.01. The zero-order valence-corrected chi connectivity index (χ0v) is 12.5. The van der Waals surface area contributed by atoms with E-state index in [1.54, 1.807) is 22.9 Å². The second kappa shape index (κ2) is 6.84. The lowest BCUT2D eigenvalue weighted by Crippen LogP contribution is -2.25. The molecule has 0 atom stereocenters. The van der Waals surface area contributed by atoms with Gasteiger partial charge in [-0.2, -0.15) is 0 Å². The Labute approximate surface area is 128 Å². The number of carbonyl (C=O) groups excluding carboxylic acids is 1. The van der Waals surface area contributed by atoms with Gasteiger partial charge in [-0.25, -0.2) is 4.98 Å². The number of nitro benzene ring substituents is 1. The maximum absolute atomic E-state index is 12.0. The SMILES string of the molecule is CC(C)CCNC(=O)c1ccc(-n2ccnc2)c([N+](=O)[O-])c1. The summed E-state index contributed by atoms with van der Waals surface area (Å²) < 4.78 is 1.54. The van der Waals surface area contributed by atoms with Crippen molar-refractivity contribution >= 4 is 11.6 Å². The molecule has 0 unspecified atom stereocenters. The van der Waals surface area contributed by atoms with Crippen molar-refractivity contribution in [1.82, 2.24) is 14.9 Å². The number of benzene rings is 1. The summed E-state index contributed by atoms with van der Waals surface area (Å²) in [6, 6.07) is 4.42. The van der Waals surface area contributed by atoms with Crippen LogP contribution < -0.4 is 5.32 Å². The number of rotatable bonds is 6. The van der Waals surface area contributed by atoms with Crippen LogP contribution in [0.4, 0.5) is 5.69 Å². The maximum Gasteiger partial charge on any atom is 0.294 e. The normalized spacial score (nSPS) is 10.7. The summed E-state index contributed by atoms with van der Waals surface area (Å²) in [4.78, 5) is 26.7. The Morgan fingerprint density at radius 1 is 1.45 bits per heavy atom. The number of nitrogens with one attached hydrogen (secondary N) is 1. The third-order valence-electron chi connectivity index (χ3n) is 3.22. The minimum absolute atomic E-state index is 0.130. The molecule has 0 aliphatic heterocycles. The molecule has 0 radical (unpaired) electrons. The minimum Gasteiger partial charge on any atom is -0.352 e. The predicted octanol–water partition coefficient (Wildman–Crippen LogP) is 2.56. The Morgan fingerprint density at radius 2 is 2.23 bits per heavy atom. The second-order valence-corrected chi connectivity index (χ2v) is 5.37. The van der Waals surface area contributed by atoms with Gasteiger partial charge in [0, 0.05) is 30.6 Å². The van der Waals surface area contributed by atoms with Crippen molar-refractivity contribution in [2.45, 2.75) is 20.3 Å². The number of carbonyl (C=O) groups is 1. The largest absolute Gasteiger partial charge is 0.352 e. The molecule has 0 aliphatic carbocycles. The third-order valence-corrected chi connectivity index (χ3v) is 3.22. The molecule has 1 heterocycles. The van der Waals surface area contributed by atoms with E-state index in [-0.39, 0.29) is 17.2 Å². The molecule has 0 aliphatic rings. The van der Waals surface area contributed by atoms with Crippen molar-refractivity contribution < 1.29 is 9.72 Å². The molecule has 1 N–H and O–H groups in total. The number of aromatic nitrogens is 2. The van der Waals surface area contributed by atoms with Gasteiger partial charge in [-0.1, -0.05) is 13.8 Å². The van der Waals surface area contributed by atoms with E-state index in [1.165, 1.54) is 18.6 Å². The summed E-state index contributed by atoms with van der Waals surface area (Å²) in [6.07, 6.45) is 5.49. The number of imidazole rings is 1. The molecule has 7 nitrogen and oxygen atoms in total. The monoisotopic (exact) mass is 302 g/mol. The predicted molar refractivity (Wildman–Crippen MR) is 82.0 cm³/mol. The van der Waals surface area contributed by atoms with Gasteiger partial charge in [0.25, 0.3) is 11.6 Å². The van der Waals surface area contributed by atoms with E-state index in [1.807, 2.05) is 0 Å². The van der Waals surface area contributed by atoms with E-state index in [2.05, 4.69) is 24.1 Å². The molecule has 1 aromatic carbocycles. The molecule has 2 rings (SSSR count). The molecular formula is C15H18N4O3. The van der Waals surface area contributed by atoms with Crippen molar-refractivity contribution in [2.75, 3.05) is 6.54 Å². The fourth-order valence-electron chi connectivity index (χ4n) is 2.01. The Kier molecular flexibility index (Phi) is 4.88. The summed E-state index contributed by atoms with van der Waals surface area (Å²) in [5.41, 5.74) is 0.523. The first-order valence-electron chi connectivity index (χ1n) is 7.04. The van der Waals surface area contributed by atoms with Crippen LogP contribution in [-0.4, -0.2) is 26.9 Å². The van der Waals surface area contributed by atoms with Crippen molar-refractivity contribution in [1.29, 1.82) is 0 Å². The lowest BCUT2D eigenvalue weighted by Gasteiger charge is -2.09. The highest BCUT2D eigenvalue weighted by Gasteiger charge is 2.18. The van der Waals surface area contributed by atoms with Crippen LogP contribution in [0.3, 0.4) is 0 Å². The van der Waals surface area contributed by atoms with Gasteiger partial charge < -0.3 is 9.88 Å². The van der Waals surface area contributed by atoms with E-state index >= 15 is 0 Å². The Morgan fingerprint density at radius 3 is 2.82 bits per heavy atom. The highest BCUT2D eigenvalue weighted by molar-refractivity contribution is 5.95. The van der Waals surface area contributed by atoms with Crippen molar-refractivity contribution in [2.24, 2.45) is 5.92 Å². The van der Waals surface area contributed by atoms with Crippen LogP contribution in [0.2, 0.25) is 0 Å². The summed E-state index contributed by atoms with van der Waals surface area (Å²) in [5.74, 6) is 0.180. The van der Waals surface area contributed by atoms with Gasteiger partial charge in [0.1, 0.15) is 5.69 Å². The summed E-state index contributed by atoms with van der Waals surface area (Å²) in [6.45, 7) is 4.68. The van der Waals surface area contributed by atoms with Gasteiger partial charge in [-0.15, -0.1) is 0 Å². The van der Waals surface area contributed by atoms with E-state index in [4.69, 9.17) is 0 Å². The van der Waals surface area contributed by atoms with Crippen LogP contribution in [-0.2, 0) is 0 Å². The lowest BCUT2D eigenvalue weighted by atomic mass is 10.1. The quantitative estimate of drug-likeness (QED) is 0.656. The standard InChI is InChI=1S/C15H18N4O3/c1-11(2)5-6-17-15(20)12-3-4-13(14(9-12)19(21)22)18-8-7-16-10-18/h3-4,7-11H,5-6H2,1-2H3,(H,17,20). The second-order valence-electron chi connectivity index (χ2n) is 5.37. The molecule has 116 valence electrons. The highest BCUT2D eigenvalue weighted by atomic mass is 16.6. The van der Waals surface area contributed by atoms with E-state index in [0.29, 0.717) is 18.2 Å². The van der Waals surface area contributed by atoms with Crippen LogP contribution in [0.15, 0.2) is 36.9 Å². The molecule has 7 heteroatoms. The number of hydrogen-bond acceptors (Lipinski definition) is 4. The first-order chi connectivity index (χ1) is 10.5. The molecule has 0 spiro atoms. The molecule has 0 saturated heterocycles. The lowest BCUT2D eigenvalue weighted by molar-refractivity contribution is -0.384. The van der Waals surface area contributed by atoms with Gasteiger partial charge in [-0.3, -0.25) is 14.9 Å². The molecule has 0 bridgehead atoms. The number of hydrogen-bond donors (Lipinski definition) is 1. The Bertz CT molecular complexity index is 665. The zero-order chi connectivity index (χ0) is 16.1. The van der Waals surface area contributed by atoms with Crippen molar-refractivity contribution in [3.05, 3.63) is 52.6 Å². The summed E-state index contributed by atoms with van der Waals surface area (Å²) in [7, 11) is 0. The van der Waals surface area contributed by atoms with E-state index < -0.39 is 4.92 Å². The average molecular weight is 302 g/mol. The van der Waals surface area contributed by atoms with E-state index in [0.717, 1.165) is 6.42 Å². The average Bonchev–Trinajstić information content (AvgIpc) is 3.00. The number of amides is 1. The van der Waals surface area contributed by atoms with E-state index in [9.17, 15) is 14.9 Å².